The Balaban J connectivity index is 0. The van der Waals surface area contributed by atoms with Crippen LogP contribution in [0, 0.1) is 0 Å². The molecule has 0 aromatic carbocycles. The fourth-order valence-corrected chi connectivity index (χ4v) is 0.378. The number of rotatable bonds is 3. The number of hydrogen-bond donors (Lipinski definition) is 2. The van der Waals surface area contributed by atoms with E-state index in [1.165, 1.54) is 0 Å². The molecular formula is C4H9ClN2O3. The van der Waals surface area contributed by atoms with E-state index in [0.717, 1.165) is 0 Å². The van der Waals surface area contributed by atoms with Gasteiger partial charge < -0.3 is 11.2 Å². The Bertz CT molecular complexity index is 128. The van der Waals surface area contributed by atoms with Gasteiger partial charge in [0.1, 0.15) is 0 Å². The normalized spacial score (nSPS) is 7.70. The van der Waals surface area contributed by atoms with Crippen LogP contribution in [0.25, 0.3) is 0 Å². The third-order valence-electron chi connectivity index (χ3n) is 0.704. The molecule has 0 aromatic rings. The highest BCUT2D eigenvalue weighted by Gasteiger charge is 2.00. The molecular weight excluding hydrogens is 160 g/mol. The van der Waals surface area contributed by atoms with Gasteiger partial charge in [-0.1, -0.05) is 0 Å². The van der Waals surface area contributed by atoms with E-state index in [0.29, 0.717) is 0 Å². The van der Waals surface area contributed by atoms with Crippen LogP contribution in [-0.2, 0) is 9.59 Å². The van der Waals surface area contributed by atoms with Crippen molar-refractivity contribution in [2.45, 2.75) is 12.8 Å². The average molecular weight is 169 g/mol. The van der Waals surface area contributed by atoms with Crippen LogP contribution in [0.3, 0.4) is 0 Å². The smallest absolute Gasteiger partial charge is 0.234 e. The molecule has 0 saturated heterocycles. The summed E-state index contributed by atoms with van der Waals surface area (Å²) in [5, 5.41) is 0. The van der Waals surface area contributed by atoms with Gasteiger partial charge in [0.05, 0.1) is 0 Å². The van der Waals surface area contributed by atoms with Gasteiger partial charge in [-0.25, -0.2) is 0 Å². The molecule has 0 aliphatic rings. The van der Waals surface area contributed by atoms with Crippen LogP contribution in [-0.4, -0.2) is 17.3 Å². The maximum atomic E-state index is 10.3. The van der Waals surface area contributed by atoms with Crippen molar-refractivity contribution < 1.29 is 15.1 Å². The van der Waals surface area contributed by atoms with Gasteiger partial charge in [0.2, 0.25) is 11.8 Å². The molecule has 0 bridgehead atoms. The Hall–Kier alpha value is -0.810. The van der Waals surface area contributed by atoms with E-state index < -0.39 is 11.8 Å². The number of carbonyl (C=O) groups excluding carboxylic acids is 2. The van der Waals surface area contributed by atoms with Crippen molar-refractivity contribution in [3.63, 3.8) is 0 Å². The molecule has 60 valence electrons. The standard InChI is InChI=1S/C4H7ClN2O2.H2O/c5-7-4(9)2-1-3(6)8;/h1-2H2,(H2,6,8)(H,7,9);1H2. The van der Waals surface area contributed by atoms with Crippen molar-refractivity contribution in [2.24, 2.45) is 5.73 Å². The monoisotopic (exact) mass is 168 g/mol. The van der Waals surface area contributed by atoms with Crippen molar-refractivity contribution in [1.82, 2.24) is 4.84 Å². The summed E-state index contributed by atoms with van der Waals surface area (Å²) in [7, 11) is 0. The first-order valence-corrected chi connectivity index (χ1v) is 2.72. The number of halogens is 1. The minimum absolute atomic E-state index is 0. The summed E-state index contributed by atoms with van der Waals surface area (Å²) < 4.78 is 0. The van der Waals surface area contributed by atoms with Crippen molar-refractivity contribution in [3.05, 3.63) is 0 Å². The lowest BCUT2D eigenvalue weighted by molar-refractivity contribution is -0.123. The molecule has 2 amide bonds. The van der Waals surface area contributed by atoms with Crippen molar-refractivity contribution in [1.29, 1.82) is 0 Å². The second-order valence-electron chi connectivity index (χ2n) is 1.48. The number of nitrogens with one attached hydrogen (secondary N) is 1. The van der Waals surface area contributed by atoms with Gasteiger partial charge in [0, 0.05) is 24.6 Å². The van der Waals surface area contributed by atoms with Crippen molar-refractivity contribution in [2.75, 3.05) is 0 Å². The molecule has 0 radical (unpaired) electrons. The van der Waals surface area contributed by atoms with E-state index in [1.54, 1.807) is 0 Å². The van der Waals surface area contributed by atoms with Crippen LogP contribution in [0.4, 0.5) is 0 Å². The maximum absolute atomic E-state index is 10.3. The molecule has 0 heterocycles. The van der Waals surface area contributed by atoms with Crippen LogP contribution >= 0.6 is 11.8 Å². The summed E-state index contributed by atoms with van der Waals surface area (Å²) in [6.45, 7) is 0. The molecule has 0 aliphatic carbocycles. The largest absolute Gasteiger partial charge is 0.412 e. The van der Waals surface area contributed by atoms with Gasteiger partial charge >= 0.3 is 0 Å². The quantitative estimate of drug-likeness (QED) is 0.512. The molecule has 0 unspecified atom stereocenters. The number of amides is 2. The second kappa shape index (κ2) is 6.31. The molecule has 0 fully saturated rings. The highest BCUT2D eigenvalue weighted by molar-refractivity contribution is 6.21. The van der Waals surface area contributed by atoms with Gasteiger partial charge in [-0.2, -0.15) is 0 Å². The van der Waals surface area contributed by atoms with Crippen molar-refractivity contribution >= 4 is 23.6 Å². The zero-order valence-corrected chi connectivity index (χ0v) is 5.94. The van der Waals surface area contributed by atoms with Gasteiger partial charge in [0.15, 0.2) is 0 Å². The summed E-state index contributed by atoms with van der Waals surface area (Å²) in [6, 6.07) is 0. The zero-order valence-electron chi connectivity index (χ0n) is 5.19. The predicted molar refractivity (Wildman–Crippen MR) is 36.0 cm³/mol. The highest BCUT2D eigenvalue weighted by Crippen LogP contribution is 1.86. The van der Waals surface area contributed by atoms with Gasteiger partial charge in [-0.3, -0.25) is 14.4 Å². The summed E-state index contributed by atoms with van der Waals surface area (Å²) in [5.41, 5.74) is 4.73. The lowest BCUT2D eigenvalue weighted by Crippen LogP contribution is -2.17. The third-order valence-corrected chi connectivity index (χ3v) is 0.915. The van der Waals surface area contributed by atoms with Crippen LogP contribution < -0.4 is 10.6 Å². The fourth-order valence-electron chi connectivity index (χ4n) is 0.284. The van der Waals surface area contributed by atoms with Crippen LogP contribution in [0.1, 0.15) is 12.8 Å². The average Bonchev–Trinajstić information content (AvgIpc) is 1.83. The van der Waals surface area contributed by atoms with E-state index in [4.69, 9.17) is 17.5 Å². The number of nitrogens with two attached hydrogens (primary N) is 1. The predicted octanol–water partition coefficient (Wildman–Crippen LogP) is -1.30. The Labute approximate surface area is 62.9 Å². The first kappa shape index (κ1) is 11.9. The van der Waals surface area contributed by atoms with E-state index in [-0.39, 0.29) is 18.3 Å². The summed E-state index contributed by atoms with van der Waals surface area (Å²) >= 11 is 4.88. The Kier molecular flexibility index (Phi) is 7.53. The van der Waals surface area contributed by atoms with E-state index >= 15 is 0 Å². The fraction of sp³-hybridized carbons (Fsp3) is 0.500. The summed E-state index contributed by atoms with van der Waals surface area (Å²) in [5.74, 6) is -0.897. The minimum atomic E-state index is -0.504. The molecule has 5 N–H and O–H groups in total. The summed E-state index contributed by atoms with van der Waals surface area (Å²) in [6.07, 6.45) is 0.0946. The minimum Gasteiger partial charge on any atom is -0.412 e. The molecule has 0 spiro atoms. The number of carbonyl (C=O) groups is 2. The Morgan fingerprint density at radius 1 is 1.40 bits per heavy atom. The van der Waals surface area contributed by atoms with E-state index in [9.17, 15) is 9.59 Å². The third kappa shape index (κ3) is 7.19. The number of hydrogen-bond acceptors (Lipinski definition) is 2. The molecule has 5 nitrogen and oxygen atoms in total. The molecule has 0 aliphatic heterocycles. The van der Waals surface area contributed by atoms with E-state index in [2.05, 4.69) is 0 Å². The molecule has 6 heteroatoms. The lowest BCUT2D eigenvalue weighted by atomic mass is 10.3. The molecule has 0 atom stereocenters. The highest BCUT2D eigenvalue weighted by atomic mass is 35.5. The van der Waals surface area contributed by atoms with Gasteiger partial charge in [-0.15, -0.1) is 0 Å². The SMILES string of the molecule is NC(=O)CCC(=O)NCl.O. The Morgan fingerprint density at radius 2 is 1.90 bits per heavy atom. The first-order valence-electron chi connectivity index (χ1n) is 2.34. The van der Waals surface area contributed by atoms with E-state index in [1.807, 2.05) is 4.84 Å². The van der Waals surface area contributed by atoms with Crippen LogP contribution in [0.5, 0.6) is 0 Å². The van der Waals surface area contributed by atoms with Gasteiger partial charge in [-0.05, 0) is 0 Å². The number of primary amides is 1. The van der Waals surface area contributed by atoms with Crippen molar-refractivity contribution in [3.8, 4) is 0 Å². The van der Waals surface area contributed by atoms with Crippen LogP contribution in [0.15, 0.2) is 0 Å². The van der Waals surface area contributed by atoms with Crippen LogP contribution in [0.2, 0.25) is 0 Å². The molecule has 0 rings (SSSR count). The topological polar surface area (TPSA) is 104 Å². The summed E-state index contributed by atoms with van der Waals surface area (Å²) in [4.78, 5) is 22.1. The molecule has 0 saturated carbocycles. The van der Waals surface area contributed by atoms with Gasteiger partial charge in [0.25, 0.3) is 0 Å². The molecule has 10 heavy (non-hydrogen) atoms. The first-order chi connectivity index (χ1) is 4.16. The second-order valence-corrected chi connectivity index (χ2v) is 1.67. The Morgan fingerprint density at radius 3 is 2.20 bits per heavy atom. The maximum Gasteiger partial charge on any atom is 0.234 e. The zero-order chi connectivity index (χ0) is 7.28. The lowest BCUT2D eigenvalue weighted by Gasteiger charge is -1.91. The molecule has 0 aromatic heterocycles.